The minimum atomic E-state index is -0.777. The molecule has 6 heterocycles. The highest BCUT2D eigenvalue weighted by atomic mass is 16.5. The SMILES string of the molecule is CCC(C)(CCN1CCC(c2ccc(Nc3nc(-c4cnn(CCC#N)c4)c4cc[nH]c4n3)cc2)CC1)OCCC(C)(C)Nc1cccc2c1C(=O)N(C1CCCNC1=O)C2=O. The molecule has 0 radical (unpaired) electrons. The number of carbonyl (C=O) groups is 3. The van der Waals surface area contributed by atoms with Crippen molar-refractivity contribution in [1.29, 1.82) is 5.26 Å². The van der Waals surface area contributed by atoms with Crippen molar-refractivity contribution >= 4 is 46.1 Å². The predicted octanol–water partition coefficient (Wildman–Crippen LogP) is 7.39. The number of aromatic amines is 1. The standard InChI is InChI=1S/C47H57N11O4/c1-5-47(4,62-28-20-46(2,3)55-37-10-6-9-35-39(37)44(61)58(43(35)60)38-11-7-22-50-42(38)59)19-27-56-25-17-32(18-26-56)31-12-14-34(15-13-31)52-45-53-40(36-16-23-49-41(36)54-45)33-29-51-57(30-33)24-8-21-48/h6,9-10,12-16,23,29-30,32,38,55H,5,7-8,11,17-20,22,24-28H2,1-4H3,(H,50,59)(H2,49,52,53,54). The quantitative estimate of drug-likeness (QED) is 0.0685. The van der Waals surface area contributed by atoms with Crippen LogP contribution < -0.4 is 16.0 Å². The molecule has 3 aliphatic heterocycles. The van der Waals surface area contributed by atoms with E-state index in [9.17, 15) is 14.4 Å². The van der Waals surface area contributed by atoms with Crippen LogP contribution >= 0.6 is 0 Å². The summed E-state index contributed by atoms with van der Waals surface area (Å²) in [6, 6.07) is 17.3. The number of nitriles is 1. The number of aromatic nitrogens is 5. The zero-order chi connectivity index (χ0) is 43.4. The number of piperidine rings is 2. The zero-order valence-corrected chi connectivity index (χ0v) is 36.2. The molecule has 2 fully saturated rings. The molecule has 3 amide bonds. The van der Waals surface area contributed by atoms with Crippen LogP contribution in [0, 0.1) is 11.3 Å². The number of ether oxygens (including phenoxy) is 1. The van der Waals surface area contributed by atoms with E-state index in [0.717, 1.165) is 84.6 Å². The van der Waals surface area contributed by atoms with Crippen molar-refractivity contribution < 1.29 is 19.1 Å². The Morgan fingerprint density at radius 2 is 1.77 bits per heavy atom. The average molecular weight is 840 g/mol. The number of amides is 3. The van der Waals surface area contributed by atoms with Crippen LogP contribution in [0.2, 0.25) is 0 Å². The number of fused-ring (bicyclic) bond motifs is 2. The van der Waals surface area contributed by atoms with Gasteiger partial charge in [0.1, 0.15) is 11.7 Å². The molecule has 2 saturated heterocycles. The molecule has 62 heavy (non-hydrogen) atoms. The molecule has 5 aromatic rings. The Morgan fingerprint density at radius 3 is 2.53 bits per heavy atom. The van der Waals surface area contributed by atoms with Crippen molar-refractivity contribution in [2.75, 3.05) is 43.4 Å². The van der Waals surface area contributed by atoms with Gasteiger partial charge < -0.3 is 30.6 Å². The first-order chi connectivity index (χ1) is 29.9. The normalized spacial score (nSPS) is 18.4. The molecule has 3 aliphatic rings. The number of anilines is 3. The molecule has 15 nitrogen and oxygen atoms in total. The lowest BCUT2D eigenvalue weighted by Gasteiger charge is -2.36. The molecule has 3 aromatic heterocycles. The van der Waals surface area contributed by atoms with E-state index >= 15 is 0 Å². The Morgan fingerprint density at radius 1 is 0.968 bits per heavy atom. The van der Waals surface area contributed by atoms with Crippen LogP contribution in [0.25, 0.3) is 22.3 Å². The van der Waals surface area contributed by atoms with Crippen molar-refractivity contribution in [3.05, 3.63) is 83.8 Å². The summed E-state index contributed by atoms with van der Waals surface area (Å²) in [7, 11) is 0. The third kappa shape index (κ3) is 9.22. The van der Waals surface area contributed by atoms with Crippen LogP contribution in [0.5, 0.6) is 0 Å². The molecule has 0 saturated carbocycles. The molecular weight excluding hydrogens is 783 g/mol. The van der Waals surface area contributed by atoms with E-state index in [1.807, 2.05) is 24.5 Å². The maximum absolute atomic E-state index is 13.6. The maximum atomic E-state index is 13.6. The number of imide groups is 1. The Hall–Kier alpha value is -6.11. The van der Waals surface area contributed by atoms with Crippen molar-refractivity contribution in [1.82, 2.24) is 39.8 Å². The summed E-state index contributed by atoms with van der Waals surface area (Å²) in [5.74, 6) is -0.113. The summed E-state index contributed by atoms with van der Waals surface area (Å²) < 4.78 is 8.38. The lowest BCUT2D eigenvalue weighted by Crippen LogP contribution is -2.52. The Bertz CT molecular complexity index is 2460. The van der Waals surface area contributed by atoms with Crippen LogP contribution in [0.1, 0.15) is 111 Å². The fourth-order valence-corrected chi connectivity index (χ4v) is 8.87. The predicted molar refractivity (Wildman–Crippen MR) is 238 cm³/mol. The van der Waals surface area contributed by atoms with Crippen LogP contribution in [-0.2, 0) is 16.1 Å². The van der Waals surface area contributed by atoms with Crippen LogP contribution in [0.3, 0.4) is 0 Å². The summed E-state index contributed by atoms with van der Waals surface area (Å²) in [6.07, 6.45) is 11.8. The van der Waals surface area contributed by atoms with Gasteiger partial charge in [0.25, 0.3) is 11.8 Å². The van der Waals surface area contributed by atoms with Crippen molar-refractivity contribution in [3.8, 4) is 17.3 Å². The topological polar surface area (TPSA) is 186 Å². The number of nitrogens with zero attached hydrogens (tertiary/aromatic N) is 7. The van der Waals surface area contributed by atoms with Gasteiger partial charge >= 0.3 is 0 Å². The summed E-state index contributed by atoms with van der Waals surface area (Å²) in [5, 5.41) is 24.0. The second-order valence-corrected chi connectivity index (χ2v) is 17.7. The van der Waals surface area contributed by atoms with Gasteiger partial charge in [0, 0.05) is 60.0 Å². The average Bonchev–Trinajstić information content (AvgIpc) is 4.01. The first-order valence-corrected chi connectivity index (χ1v) is 22.0. The van der Waals surface area contributed by atoms with Crippen molar-refractivity contribution in [2.45, 2.75) is 109 Å². The van der Waals surface area contributed by atoms with Gasteiger partial charge in [-0.05, 0) is 121 Å². The number of benzene rings is 2. The highest BCUT2D eigenvalue weighted by Gasteiger charge is 2.45. The highest BCUT2D eigenvalue weighted by molar-refractivity contribution is 6.25. The molecule has 2 aromatic carbocycles. The van der Waals surface area contributed by atoms with E-state index in [4.69, 9.17) is 20.0 Å². The molecule has 4 N–H and O–H groups in total. The highest BCUT2D eigenvalue weighted by Crippen LogP contribution is 2.35. The van der Waals surface area contributed by atoms with Gasteiger partial charge in [-0.2, -0.15) is 15.3 Å². The minimum Gasteiger partial charge on any atom is -0.379 e. The van der Waals surface area contributed by atoms with Crippen LogP contribution in [0.15, 0.2) is 67.1 Å². The maximum Gasteiger partial charge on any atom is 0.264 e. The third-order valence-corrected chi connectivity index (χ3v) is 12.9. The molecule has 2 atom stereocenters. The lowest BCUT2D eigenvalue weighted by atomic mass is 9.89. The second kappa shape index (κ2) is 18.1. The van der Waals surface area contributed by atoms with Crippen LogP contribution in [-0.4, -0.2) is 102 Å². The first-order valence-electron chi connectivity index (χ1n) is 22.0. The Balaban J connectivity index is 0.802. The Labute approximate surface area is 362 Å². The number of H-pyrrole nitrogens is 1. The van der Waals surface area contributed by atoms with Gasteiger partial charge in [0.15, 0.2) is 0 Å². The van der Waals surface area contributed by atoms with E-state index < -0.39 is 23.4 Å². The van der Waals surface area contributed by atoms with E-state index in [1.54, 1.807) is 23.0 Å². The van der Waals surface area contributed by atoms with Gasteiger partial charge in [-0.25, -0.2) is 4.98 Å². The van der Waals surface area contributed by atoms with Crippen LogP contribution in [0.4, 0.5) is 17.3 Å². The third-order valence-electron chi connectivity index (χ3n) is 12.9. The second-order valence-electron chi connectivity index (χ2n) is 17.7. The number of hydrogen-bond donors (Lipinski definition) is 4. The molecule has 8 rings (SSSR count). The van der Waals surface area contributed by atoms with E-state index in [1.165, 1.54) is 5.56 Å². The minimum absolute atomic E-state index is 0.275. The Kier molecular flexibility index (Phi) is 12.4. The van der Waals surface area contributed by atoms with Gasteiger partial charge in [-0.3, -0.25) is 24.0 Å². The van der Waals surface area contributed by atoms with E-state index in [-0.39, 0.29) is 11.5 Å². The van der Waals surface area contributed by atoms with Gasteiger partial charge in [0.05, 0.1) is 47.7 Å². The molecule has 324 valence electrons. The van der Waals surface area contributed by atoms with E-state index in [0.29, 0.717) is 67.6 Å². The molecule has 0 aliphatic carbocycles. The van der Waals surface area contributed by atoms with Crippen molar-refractivity contribution in [2.24, 2.45) is 0 Å². The molecule has 2 unspecified atom stereocenters. The first kappa shape index (κ1) is 42.6. The summed E-state index contributed by atoms with van der Waals surface area (Å²) in [6.45, 7) is 13.2. The molecule has 0 spiro atoms. The summed E-state index contributed by atoms with van der Waals surface area (Å²) >= 11 is 0. The monoisotopic (exact) mass is 839 g/mol. The summed E-state index contributed by atoms with van der Waals surface area (Å²) in [5.41, 5.74) is 5.20. The summed E-state index contributed by atoms with van der Waals surface area (Å²) in [4.78, 5) is 56.1. The number of aryl methyl sites for hydroxylation is 1. The number of likely N-dealkylation sites (tertiary alicyclic amines) is 1. The lowest BCUT2D eigenvalue weighted by molar-refractivity contribution is -0.126. The van der Waals surface area contributed by atoms with Gasteiger partial charge in [0.2, 0.25) is 11.9 Å². The number of rotatable bonds is 17. The van der Waals surface area contributed by atoms with Gasteiger partial charge in [-0.1, -0.05) is 25.1 Å². The smallest absolute Gasteiger partial charge is 0.264 e. The largest absolute Gasteiger partial charge is 0.379 e. The van der Waals surface area contributed by atoms with Gasteiger partial charge in [-0.15, -0.1) is 0 Å². The van der Waals surface area contributed by atoms with E-state index in [2.05, 4.69) is 89.0 Å². The molecular formula is C47H57N11O4. The molecule has 0 bridgehead atoms. The number of carbonyl (C=O) groups excluding carboxylic acids is 3. The number of nitrogens with one attached hydrogen (secondary N) is 4. The number of hydrogen-bond acceptors (Lipinski definition) is 11. The fraction of sp³-hybridized carbons (Fsp3) is 0.468. The zero-order valence-electron chi connectivity index (χ0n) is 36.2. The van der Waals surface area contributed by atoms with Crippen molar-refractivity contribution in [3.63, 3.8) is 0 Å². The molecule has 15 heteroatoms. The fourth-order valence-electron chi connectivity index (χ4n) is 8.87.